The summed E-state index contributed by atoms with van der Waals surface area (Å²) in [5.41, 5.74) is 1.00. The molecule has 7 heteroatoms. The number of carbonyl (C=O) groups is 1. The molecule has 1 heterocycles. The number of hydrogen-bond donors (Lipinski definition) is 1. The lowest BCUT2D eigenvalue weighted by molar-refractivity contribution is 0.102. The van der Waals surface area contributed by atoms with Crippen LogP contribution in [0.4, 0.5) is 5.69 Å². The molecule has 2 aromatic rings. The molecule has 0 unspecified atom stereocenters. The van der Waals surface area contributed by atoms with Gasteiger partial charge in [-0.2, -0.15) is 4.31 Å². The molecule has 0 saturated carbocycles. The smallest absolute Gasteiger partial charge is 0.255 e. The quantitative estimate of drug-likeness (QED) is 0.852. The van der Waals surface area contributed by atoms with Gasteiger partial charge in [0.05, 0.1) is 12.0 Å². The Balaban J connectivity index is 1.72. The van der Waals surface area contributed by atoms with E-state index in [-0.39, 0.29) is 10.8 Å². The summed E-state index contributed by atoms with van der Waals surface area (Å²) in [4.78, 5) is 12.6. The minimum Gasteiger partial charge on any atom is -0.497 e. The highest BCUT2D eigenvalue weighted by Crippen LogP contribution is 2.24. The lowest BCUT2D eigenvalue weighted by Crippen LogP contribution is -2.39. The van der Waals surface area contributed by atoms with Crippen molar-refractivity contribution < 1.29 is 17.9 Å². The van der Waals surface area contributed by atoms with Crippen LogP contribution in [0.1, 0.15) is 30.1 Å². The zero-order valence-electron chi connectivity index (χ0n) is 15.5. The Labute approximate surface area is 160 Å². The zero-order chi connectivity index (χ0) is 19.4. The summed E-state index contributed by atoms with van der Waals surface area (Å²) in [7, 11) is -1.96. The molecule has 6 nitrogen and oxygen atoms in total. The van der Waals surface area contributed by atoms with Crippen molar-refractivity contribution in [1.82, 2.24) is 4.31 Å². The topological polar surface area (TPSA) is 75.7 Å². The van der Waals surface area contributed by atoms with Crippen LogP contribution in [-0.2, 0) is 10.0 Å². The standard InChI is InChI=1S/C20H24N2O4S/c1-15-5-4-12-22(14-15)27(24,25)19-10-8-17(9-11-19)21-20(23)16-6-3-7-18(13-16)26-2/h3,6-11,13,15H,4-5,12,14H2,1-2H3,(H,21,23)/t15-/m1/s1. The summed E-state index contributed by atoms with van der Waals surface area (Å²) in [6.45, 7) is 3.18. The third-order valence-electron chi connectivity index (χ3n) is 4.70. The predicted octanol–water partition coefficient (Wildman–Crippen LogP) is 3.37. The first-order valence-corrected chi connectivity index (χ1v) is 10.4. The summed E-state index contributed by atoms with van der Waals surface area (Å²) in [5.74, 6) is 0.684. The number of anilines is 1. The molecule has 1 aliphatic heterocycles. The van der Waals surface area contributed by atoms with Crippen molar-refractivity contribution in [2.45, 2.75) is 24.7 Å². The molecule has 27 heavy (non-hydrogen) atoms. The van der Waals surface area contributed by atoms with E-state index in [0.29, 0.717) is 36.0 Å². The maximum atomic E-state index is 12.8. The molecular weight excluding hydrogens is 364 g/mol. The number of sulfonamides is 1. The van der Waals surface area contributed by atoms with Crippen molar-refractivity contribution in [3.05, 3.63) is 54.1 Å². The average Bonchev–Trinajstić information content (AvgIpc) is 2.68. The fourth-order valence-electron chi connectivity index (χ4n) is 3.19. The first-order chi connectivity index (χ1) is 12.9. The number of piperidine rings is 1. The van der Waals surface area contributed by atoms with E-state index in [4.69, 9.17) is 4.74 Å². The van der Waals surface area contributed by atoms with Gasteiger partial charge in [-0.15, -0.1) is 0 Å². The van der Waals surface area contributed by atoms with Gasteiger partial charge in [0, 0.05) is 24.3 Å². The van der Waals surface area contributed by atoms with Gasteiger partial charge in [0.25, 0.3) is 5.91 Å². The molecule has 1 amide bonds. The van der Waals surface area contributed by atoms with Gasteiger partial charge in [-0.3, -0.25) is 4.79 Å². The van der Waals surface area contributed by atoms with Gasteiger partial charge in [-0.05, 0) is 61.2 Å². The van der Waals surface area contributed by atoms with E-state index in [1.807, 2.05) is 0 Å². The number of nitrogens with zero attached hydrogens (tertiary/aromatic N) is 1. The third-order valence-corrected chi connectivity index (χ3v) is 6.58. The number of amides is 1. The molecule has 0 radical (unpaired) electrons. The second kappa shape index (κ2) is 8.10. The molecule has 1 aliphatic rings. The number of ether oxygens (including phenoxy) is 1. The van der Waals surface area contributed by atoms with Crippen LogP contribution in [0.2, 0.25) is 0 Å². The maximum absolute atomic E-state index is 12.8. The Morgan fingerprint density at radius 1 is 1.19 bits per heavy atom. The molecule has 1 saturated heterocycles. The SMILES string of the molecule is COc1cccc(C(=O)Nc2ccc(S(=O)(=O)N3CCC[C@@H](C)C3)cc2)c1. The summed E-state index contributed by atoms with van der Waals surface area (Å²) < 4.78 is 32.2. The van der Waals surface area contributed by atoms with E-state index in [1.54, 1.807) is 47.8 Å². The molecule has 0 aliphatic carbocycles. The first kappa shape index (κ1) is 19.4. The molecule has 1 N–H and O–H groups in total. The fraction of sp³-hybridized carbons (Fsp3) is 0.350. The summed E-state index contributed by atoms with van der Waals surface area (Å²) in [6.07, 6.45) is 1.94. The molecule has 0 aromatic heterocycles. The van der Waals surface area contributed by atoms with Gasteiger partial charge in [0.15, 0.2) is 0 Å². The van der Waals surface area contributed by atoms with Crippen LogP contribution in [0.15, 0.2) is 53.4 Å². The number of carbonyl (C=O) groups excluding carboxylic acids is 1. The molecule has 1 fully saturated rings. The summed E-state index contributed by atoms with van der Waals surface area (Å²) in [6, 6.07) is 13.1. The Kier molecular flexibility index (Phi) is 5.82. The zero-order valence-corrected chi connectivity index (χ0v) is 16.3. The van der Waals surface area contributed by atoms with Gasteiger partial charge in [-0.25, -0.2) is 8.42 Å². The normalized spacial score (nSPS) is 18.1. The van der Waals surface area contributed by atoms with Crippen LogP contribution >= 0.6 is 0 Å². The summed E-state index contributed by atoms with van der Waals surface area (Å²) in [5, 5.41) is 2.77. The minimum absolute atomic E-state index is 0.246. The van der Waals surface area contributed by atoms with Gasteiger partial charge >= 0.3 is 0 Å². The minimum atomic E-state index is -3.50. The molecule has 2 aromatic carbocycles. The average molecular weight is 388 g/mol. The molecule has 0 bridgehead atoms. The van der Waals surface area contributed by atoms with Crippen molar-refractivity contribution in [3.8, 4) is 5.75 Å². The fourth-order valence-corrected chi connectivity index (χ4v) is 4.79. The first-order valence-electron chi connectivity index (χ1n) is 8.96. The highest BCUT2D eigenvalue weighted by Gasteiger charge is 2.28. The Morgan fingerprint density at radius 2 is 1.93 bits per heavy atom. The van der Waals surface area contributed by atoms with Crippen molar-refractivity contribution in [2.24, 2.45) is 5.92 Å². The number of rotatable bonds is 5. The number of benzene rings is 2. The van der Waals surface area contributed by atoms with Crippen LogP contribution in [0.3, 0.4) is 0 Å². The van der Waals surface area contributed by atoms with Crippen molar-refractivity contribution in [2.75, 3.05) is 25.5 Å². The van der Waals surface area contributed by atoms with Crippen molar-refractivity contribution in [1.29, 1.82) is 0 Å². The van der Waals surface area contributed by atoms with Gasteiger partial charge in [0.1, 0.15) is 5.75 Å². The molecule has 1 atom stereocenters. The van der Waals surface area contributed by atoms with E-state index in [0.717, 1.165) is 12.8 Å². The van der Waals surface area contributed by atoms with Crippen LogP contribution in [0.5, 0.6) is 5.75 Å². The van der Waals surface area contributed by atoms with E-state index >= 15 is 0 Å². The van der Waals surface area contributed by atoms with Gasteiger partial charge in [-0.1, -0.05) is 13.0 Å². The number of methoxy groups -OCH3 is 1. The van der Waals surface area contributed by atoms with E-state index in [1.165, 1.54) is 12.1 Å². The van der Waals surface area contributed by atoms with Gasteiger partial charge < -0.3 is 10.1 Å². The summed E-state index contributed by atoms with van der Waals surface area (Å²) >= 11 is 0. The highest BCUT2D eigenvalue weighted by atomic mass is 32.2. The lowest BCUT2D eigenvalue weighted by Gasteiger charge is -2.30. The van der Waals surface area contributed by atoms with Crippen LogP contribution in [0, 0.1) is 5.92 Å². The number of nitrogens with one attached hydrogen (secondary N) is 1. The van der Waals surface area contributed by atoms with Crippen molar-refractivity contribution in [3.63, 3.8) is 0 Å². The number of hydrogen-bond acceptors (Lipinski definition) is 4. The van der Waals surface area contributed by atoms with Crippen LogP contribution in [-0.4, -0.2) is 38.8 Å². The Morgan fingerprint density at radius 3 is 2.59 bits per heavy atom. The second-order valence-corrected chi connectivity index (χ2v) is 8.76. The molecular formula is C20H24N2O4S. The molecule has 0 spiro atoms. The Bertz CT molecular complexity index is 910. The van der Waals surface area contributed by atoms with E-state index in [9.17, 15) is 13.2 Å². The van der Waals surface area contributed by atoms with E-state index < -0.39 is 10.0 Å². The highest BCUT2D eigenvalue weighted by molar-refractivity contribution is 7.89. The lowest BCUT2D eigenvalue weighted by atomic mass is 10.0. The van der Waals surface area contributed by atoms with E-state index in [2.05, 4.69) is 12.2 Å². The molecule has 3 rings (SSSR count). The van der Waals surface area contributed by atoms with Crippen molar-refractivity contribution >= 4 is 21.6 Å². The van der Waals surface area contributed by atoms with Crippen LogP contribution in [0.25, 0.3) is 0 Å². The van der Waals surface area contributed by atoms with Crippen LogP contribution < -0.4 is 10.1 Å². The maximum Gasteiger partial charge on any atom is 0.255 e. The largest absolute Gasteiger partial charge is 0.497 e. The Hall–Kier alpha value is -2.38. The third kappa shape index (κ3) is 4.48. The molecule has 144 valence electrons. The second-order valence-electron chi connectivity index (χ2n) is 6.82. The monoisotopic (exact) mass is 388 g/mol. The predicted molar refractivity (Wildman–Crippen MR) is 105 cm³/mol. The van der Waals surface area contributed by atoms with Gasteiger partial charge in [0.2, 0.25) is 10.0 Å².